The van der Waals surface area contributed by atoms with Gasteiger partial charge in [-0.1, -0.05) is 18.2 Å². The molecule has 1 atom stereocenters. The Hall–Kier alpha value is -4.14. The molecule has 2 aromatic heterocycles. The lowest BCUT2D eigenvalue weighted by molar-refractivity contribution is -0.138. The third kappa shape index (κ3) is 4.21. The predicted molar refractivity (Wildman–Crippen MR) is 132 cm³/mol. The summed E-state index contributed by atoms with van der Waals surface area (Å²) in [5.41, 5.74) is 2.98. The van der Waals surface area contributed by atoms with Gasteiger partial charge in [0.2, 0.25) is 5.91 Å². The summed E-state index contributed by atoms with van der Waals surface area (Å²) in [6.45, 7) is 0.860. The van der Waals surface area contributed by atoms with Crippen molar-refractivity contribution >= 4 is 22.8 Å². The molecule has 2 aromatic carbocycles. The van der Waals surface area contributed by atoms with E-state index in [1.165, 1.54) is 4.57 Å². The first-order chi connectivity index (χ1) is 17.5. The standard InChI is InChI=1S/C27H26N4O5/c32-25(33)16-30-27(35)31(24(28-30)13-17-9-11-29(15-17)26(34)19-1-2-19)22-6-3-18(4-7-22)20-5-8-23-21(14-20)10-12-36-23/h3-8,10,12,14,17,19H,1-2,9,11,13,15-16H2,(H,32,33). The number of hydrogen-bond acceptors (Lipinski definition) is 5. The van der Waals surface area contributed by atoms with Crippen molar-refractivity contribution in [2.75, 3.05) is 13.1 Å². The van der Waals surface area contributed by atoms with E-state index < -0.39 is 18.2 Å². The van der Waals surface area contributed by atoms with Crippen LogP contribution in [0.5, 0.6) is 0 Å². The first-order valence-electron chi connectivity index (χ1n) is 12.2. The Morgan fingerprint density at radius 3 is 2.56 bits per heavy atom. The number of rotatable bonds is 7. The number of carbonyl (C=O) groups is 2. The summed E-state index contributed by atoms with van der Waals surface area (Å²) < 4.78 is 7.92. The van der Waals surface area contributed by atoms with Crippen LogP contribution >= 0.6 is 0 Å². The van der Waals surface area contributed by atoms with Crippen molar-refractivity contribution in [1.29, 1.82) is 0 Å². The van der Waals surface area contributed by atoms with Gasteiger partial charge in [0.05, 0.1) is 12.0 Å². The molecule has 1 unspecified atom stereocenters. The predicted octanol–water partition coefficient (Wildman–Crippen LogP) is 3.33. The highest BCUT2D eigenvalue weighted by atomic mass is 16.4. The molecule has 1 aliphatic heterocycles. The van der Waals surface area contributed by atoms with Crippen molar-refractivity contribution in [3.8, 4) is 16.8 Å². The number of nitrogens with zero attached hydrogens (tertiary/aromatic N) is 4. The fraction of sp³-hybridized carbons (Fsp3) is 0.333. The van der Waals surface area contributed by atoms with Gasteiger partial charge in [-0.15, -0.1) is 0 Å². The van der Waals surface area contributed by atoms with E-state index in [4.69, 9.17) is 4.42 Å². The van der Waals surface area contributed by atoms with Crippen molar-refractivity contribution in [2.24, 2.45) is 11.8 Å². The van der Waals surface area contributed by atoms with Crippen LogP contribution in [-0.4, -0.2) is 49.3 Å². The molecule has 0 bridgehead atoms. The van der Waals surface area contributed by atoms with E-state index in [1.807, 2.05) is 53.4 Å². The second kappa shape index (κ2) is 8.82. The van der Waals surface area contributed by atoms with Crippen molar-refractivity contribution < 1.29 is 19.1 Å². The first kappa shape index (κ1) is 22.3. The van der Waals surface area contributed by atoms with Crippen molar-refractivity contribution in [3.63, 3.8) is 0 Å². The zero-order valence-electron chi connectivity index (χ0n) is 19.7. The fourth-order valence-corrected chi connectivity index (χ4v) is 5.07. The number of likely N-dealkylation sites (tertiary alicyclic amines) is 1. The summed E-state index contributed by atoms with van der Waals surface area (Å²) in [5.74, 6) is -0.0210. The molecule has 2 fully saturated rings. The van der Waals surface area contributed by atoms with Crippen LogP contribution in [0.3, 0.4) is 0 Å². The Kier molecular flexibility index (Phi) is 5.47. The largest absolute Gasteiger partial charge is 0.480 e. The van der Waals surface area contributed by atoms with Crippen LogP contribution in [0.4, 0.5) is 0 Å². The molecule has 6 rings (SSSR count). The first-order valence-corrected chi connectivity index (χ1v) is 12.2. The van der Waals surface area contributed by atoms with E-state index in [2.05, 4.69) is 5.10 Å². The van der Waals surface area contributed by atoms with Gasteiger partial charge in [-0.2, -0.15) is 5.10 Å². The lowest BCUT2D eigenvalue weighted by Gasteiger charge is -2.16. The zero-order valence-corrected chi connectivity index (χ0v) is 19.7. The van der Waals surface area contributed by atoms with E-state index in [-0.39, 0.29) is 17.7 Å². The van der Waals surface area contributed by atoms with Gasteiger partial charge < -0.3 is 14.4 Å². The third-order valence-corrected chi connectivity index (χ3v) is 7.10. The highest BCUT2D eigenvalue weighted by Gasteiger charge is 2.37. The summed E-state index contributed by atoms with van der Waals surface area (Å²) >= 11 is 0. The average molecular weight is 487 g/mol. The van der Waals surface area contributed by atoms with Crippen LogP contribution in [0, 0.1) is 11.8 Å². The molecule has 1 aliphatic carbocycles. The number of carboxylic acids is 1. The molecule has 2 aliphatic rings. The number of amides is 1. The normalized spacial score (nSPS) is 17.7. The van der Waals surface area contributed by atoms with E-state index >= 15 is 0 Å². The second-order valence-corrected chi connectivity index (χ2v) is 9.72. The molecule has 1 N–H and O–H groups in total. The van der Waals surface area contributed by atoms with E-state index in [1.54, 1.807) is 6.26 Å². The Morgan fingerprint density at radius 2 is 1.81 bits per heavy atom. The van der Waals surface area contributed by atoms with Crippen LogP contribution < -0.4 is 5.69 Å². The molecule has 1 saturated heterocycles. The lowest BCUT2D eigenvalue weighted by Crippen LogP contribution is -2.30. The van der Waals surface area contributed by atoms with Crippen molar-refractivity contribution in [1.82, 2.24) is 19.2 Å². The zero-order chi connectivity index (χ0) is 24.8. The maximum Gasteiger partial charge on any atom is 0.351 e. The molecule has 36 heavy (non-hydrogen) atoms. The average Bonchev–Trinajstić information content (AvgIpc) is 3.30. The molecule has 4 aromatic rings. The van der Waals surface area contributed by atoms with Crippen LogP contribution in [-0.2, 0) is 22.6 Å². The molecule has 1 amide bonds. The summed E-state index contributed by atoms with van der Waals surface area (Å²) in [7, 11) is 0. The summed E-state index contributed by atoms with van der Waals surface area (Å²) in [4.78, 5) is 38.9. The Morgan fingerprint density at radius 1 is 1.03 bits per heavy atom. The van der Waals surface area contributed by atoms with Gasteiger partial charge in [0.15, 0.2) is 0 Å². The van der Waals surface area contributed by atoms with Crippen LogP contribution in [0.25, 0.3) is 27.8 Å². The second-order valence-electron chi connectivity index (χ2n) is 9.72. The van der Waals surface area contributed by atoms with Gasteiger partial charge in [0, 0.05) is 30.8 Å². The van der Waals surface area contributed by atoms with Crippen LogP contribution in [0.1, 0.15) is 25.1 Å². The maximum atomic E-state index is 13.2. The lowest BCUT2D eigenvalue weighted by atomic mass is 10.0. The molecule has 3 heterocycles. The highest BCUT2D eigenvalue weighted by molar-refractivity contribution is 5.83. The van der Waals surface area contributed by atoms with E-state index in [0.717, 1.165) is 52.6 Å². The minimum absolute atomic E-state index is 0.174. The van der Waals surface area contributed by atoms with E-state index in [0.29, 0.717) is 24.5 Å². The fourth-order valence-electron chi connectivity index (χ4n) is 5.07. The molecule has 9 heteroatoms. The minimum Gasteiger partial charge on any atom is -0.480 e. The molecule has 1 saturated carbocycles. The highest BCUT2D eigenvalue weighted by Crippen LogP contribution is 2.33. The number of hydrogen-bond donors (Lipinski definition) is 1. The number of furan rings is 1. The van der Waals surface area contributed by atoms with Gasteiger partial charge >= 0.3 is 11.7 Å². The van der Waals surface area contributed by atoms with Crippen LogP contribution in [0.2, 0.25) is 0 Å². The number of aromatic nitrogens is 3. The number of aliphatic carboxylic acids is 1. The minimum atomic E-state index is -1.12. The maximum absolute atomic E-state index is 13.2. The number of carbonyl (C=O) groups excluding carboxylic acids is 1. The van der Waals surface area contributed by atoms with Gasteiger partial charge in [-0.25, -0.2) is 14.0 Å². The quantitative estimate of drug-likeness (QED) is 0.429. The van der Waals surface area contributed by atoms with Gasteiger partial charge in [0.1, 0.15) is 18.0 Å². The third-order valence-electron chi connectivity index (χ3n) is 7.10. The Balaban J connectivity index is 1.29. The smallest absolute Gasteiger partial charge is 0.351 e. The van der Waals surface area contributed by atoms with Crippen molar-refractivity contribution in [3.05, 3.63) is 71.1 Å². The Labute approximate surface area is 206 Å². The molecule has 184 valence electrons. The summed E-state index contributed by atoms with van der Waals surface area (Å²) in [6.07, 6.45) is 4.95. The molecular weight excluding hydrogens is 460 g/mol. The van der Waals surface area contributed by atoms with E-state index in [9.17, 15) is 19.5 Å². The topological polar surface area (TPSA) is 111 Å². The molecule has 0 spiro atoms. The molecular formula is C27H26N4O5. The number of fused-ring (bicyclic) bond motifs is 1. The number of carboxylic acid groups (broad SMARTS) is 1. The van der Waals surface area contributed by atoms with Gasteiger partial charge in [0.25, 0.3) is 0 Å². The summed E-state index contributed by atoms with van der Waals surface area (Å²) in [6, 6.07) is 15.5. The molecule has 0 radical (unpaired) electrons. The van der Waals surface area contributed by atoms with Gasteiger partial charge in [-0.05, 0) is 66.6 Å². The Bertz CT molecular complexity index is 1510. The monoisotopic (exact) mass is 486 g/mol. The number of benzene rings is 2. The van der Waals surface area contributed by atoms with Crippen molar-refractivity contribution in [2.45, 2.75) is 32.2 Å². The van der Waals surface area contributed by atoms with Gasteiger partial charge in [-0.3, -0.25) is 9.59 Å². The SMILES string of the molecule is O=C(O)Cn1nc(CC2CCN(C(=O)C3CC3)C2)n(-c2ccc(-c3ccc4occc4c3)cc2)c1=O. The van der Waals surface area contributed by atoms with Crippen LogP contribution in [0.15, 0.2) is 64.0 Å². The molecule has 9 nitrogen and oxygen atoms in total. The summed E-state index contributed by atoms with van der Waals surface area (Å²) in [5, 5.41) is 14.7.